The molecular weight excluding hydrogens is 388 g/mol. The second-order valence-electron chi connectivity index (χ2n) is 9.87. The Hall–Kier alpha value is -2.00. The van der Waals surface area contributed by atoms with Crippen molar-refractivity contribution >= 4 is 11.8 Å². The molecule has 1 fully saturated rings. The van der Waals surface area contributed by atoms with Crippen molar-refractivity contribution in [3.63, 3.8) is 0 Å². The molecule has 1 heterocycles. The summed E-state index contributed by atoms with van der Waals surface area (Å²) in [7, 11) is 0. The van der Waals surface area contributed by atoms with Gasteiger partial charge in [-0.2, -0.15) is 4.98 Å². The number of carbonyl (C=O) groups excluding carboxylic acids is 2. The van der Waals surface area contributed by atoms with E-state index < -0.39 is 35.3 Å². The van der Waals surface area contributed by atoms with Crippen LogP contribution in [0.1, 0.15) is 84.5 Å². The standard InChI is InChI=1S/C21H36N4O5/c1-12(2)10-14(16(26)20(28)24-29)19(27)23-17(21(3,4)5)18-22-15(30-25-18)11-13-8-6-7-9-13/h12-14,16-17,26,29H,6-11H2,1-5H3,(H,23,27)(H,24,28)/t14-,16+,17-/m1/s1. The van der Waals surface area contributed by atoms with Crippen molar-refractivity contribution in [3.8, 4) is 0 Å². The smallest absolute Gasteiger partial charge is 0.272 e. The summed E-state index contributed by atoms with van der Waals surface area (Å²) in [6, 6.07) is -0.565. The Morgan fingerprint density at radius 1 is 1.20 bits per heavy atom. The van der Waals surface area contributed by atoms with Crippen LogP contribution in [0.5, 0.6) is 0 Å². The van der Waals surface area contributed by atoms with Crippen LogP contribution in [0.3, 0.4) is 0 Å². The molecule has 1 aliphatic carbocycles. The summed E-state index contributed by atoms with van der Waals surface area (Å²) in [5, 5.41) is 26.1. The van der Waals surface area contributed by atoms with Gasteiger partial charge in [0, 0.05) is 6.42 Å². The van der Waals surface area contributed by atoms with Crippen LogP contribution in [0, 0.1) is 23.2 Å². The van der Waals surface area contributed by atoms with E-state index >= 15 is 0 Å². The molecule has 0 spiro atoms. The van der Waals surface area contributed by atoms with Crippen LogP contribution in [-0.4, -0.2) is 38.4 Å². The zero-order valence-electron chi connectivity index (χ0n) is 18.6. The Kier molecular flexibility index (Phi) is 8.37. The van der Waals surface area contributed by atoms with Gasteiger partial charge in [-0.3, -0.25) is 14.8 Å². The summed E-state index contributed by atoms with van der Waals surface area (Å²) in [5.74, 6) is -0.968. The van der Waals surface area contributed by atoms with Crippen LogP contribution in [0.15, 0.2) is 4.52 Å². The molecule has 3 atom stereocenters. The van der Waals surface area contributed by atoms with Gasteiger partial charge in [-0.05, 0) is 36.5 Å². The lowest BCUT2D eigenvalue weighted by molar-refractivity contribution is -0.147. The number of hydroxylamine groups is 1. The number of aliphatic hydroxyl groups is 1. The Bertz CT molecular complexity index is 706. The second-order valence-corrected chi connectivity index (χ2v) is 9.87. The molecular formula is C21H36N4O5. The van der Waals surface area contributed by atoms with Crippen molar-refractivity contribution in [3.05, 3.63) is 11.7 Å². The number of rotatable bonds is 9. The molecule has 30 heavy (non-hydrogen) atoms. The van der Waals surface area contributed by atoms with Gasteiger partial charge in [-0.1, -0.05) is 52.6 Å². The third kappa shape index (κ3) is 6.50. The summed E-state index contributed by atoms with van der Waals surface area (Å²) in [6.45, 7) is 9.61. The normalized spacial score (nSPS) is 18.3. The number of nitrogens with one attached hydrogen (secondary N) is 2. The molecule has 2 amide bonds. The molecule has 9 nitrogen and oxygen atoms in total. The minimum absolute atomic E-state index is 0.0539. The van der Waals surface area contributed by atoms with E-state index in [1.54, 1.807) is 0 Å². The number of nitrogens with zero attached hydrogens (tertiary/aromatic N) is 2. The van der Waals surface area contributed by atoms with Gasteiger partial charge < -0.3 is 14.9 Å². The molecule has 0 saturated heterocycles. The molecule has 1 aromatic rings. The highest BCUT2D eigenvalue weighted by molar-refractivity contribution is 5.88. The van der Waals surface area contributed by atoms with Crippen molar-refractivity contribution in [1.82, 2.24) is 20.9 Å². The Labute approximate surface area is 178 Å². The molecule has 170 valence electrons. The van der Waals surface area contributed by atoms with Crippen LogP contribution in [0.4, 0.5) is 0 Å². The number of aromatic nitrogens is 2. The number of amides is 2. The maximum Gasteiger partial charge on any atom is 0.272 e. The number of hydrogen-bond donors (Lipinski definition) is 4. The van der Waals surface area contributed by atoms with Crippen LogP contribution in [0.25, 0.3) is 0 Å². The molecule has 0 bridgehead atoms. The maximum absolute atomic E-state index is 13.0. The second kappa shape index (κ2) is 10.3. The van der Waals surface area contributed by atoms with Gasteiger partial charge in [-0.25, -0.2) is 5.48 Å². The predicted octanol–water partition coefficient (Wildman–Crippen LogP) is 2.53. The first-order valence-corrected chi connectivity index (χ1v) is 10.8. The predicted molar refractivity (Wildman–Crippen MR) is 109 cm³/mol. The van der Waals surface area contributed by atoms with E-state index in [4.69, 9.17) is 9.73 Å². The fourth-order valence-electron chi connectivity index (χ4n) is 3.98. The zero-order valence-corrected chi connectivity index (χ0v) is 18.6. The van der Waals surface area contributed by atoms with Gasteiger partial charge >= 0.3 is 0 Å². The van der Waals surface area contributed by atoms with Gasteiger partial charge in [0.15, 0.2) is 5.82 Å². The molecule has 0 aliphatic heterocycles. The van der Waals surface area contributed by atoms with Crippen molar-refractivity contribution in [2.45, 2.75) is 85.3 Å². The third-order valence-corrected chi connectivity index (χ3v) is 5.65. The first kappa shape index (κ1) is 24.3. The van der Waals surface area contributed by atoms with E-state index in [1.807, 2.05) is 34.6 Å². The van der Waals surface area contributed by atoms with E-state index in [-0.39, 0.29) is 12.3 Å². The Morgan fingerprint density at radius 3 is 2.37 bits per heavy atom. The first-order chi connectivity index (χ1) is 14.0. The van der Waals surface area contributed by atoms with E-state index in [0.29, 0.717) is 17.6 Å². The van der Waals surface area contributed by atoms with Crippen molar-refractivity contribution in [2.24, 2.45) is 23.2 Å². The lowest BCUT2D eigenvalue weighted by Gasteiger charge is -2.31. The van der Waals surface area contributed by atoms with Gasteiger partial charge in [0.1, 0.15) is 6.10 Å². The van der Waals surface area contributed by atoms with Crippen LogP contribution >= 0.6 is 0 Å². The summed E-state index contributed by atoms with van der Waals surface area (Å²) >= 11 is 0. The summed E-state index contributed by atoms with van der Waals surface area (Å²) in [6.07, 6.45) is 4.14. The van der Waals surface area contributed by atoms with Gasteiger partial charge in [0.05, 0.1) is 12.0 Å². The molecule has 0 unspecified atom stereocenters. The maximum atomic E-state index is 13.0. The highest BCUT2D eigenvalue weighted by Gasteiger charge is 2.38. The third-order valence-electron chi connectivity index (χ3n) is 5.65. The molecule has 4 N–H and O–H groups in total. The first-order valence-electron chi connectivity index (χ1n) is 10.8. The molecule has 9 heteroatoms. The van der Waals surface area contributed by atoms with Gasteiger partial charge in [-0.15, -0.1) is 0 Å². The van der Waals surface area contributed by atoms with Gasteiger partial charge in [0.2, 0.25) is 11.8 Å². The zero-order chi connectivity index (χ0) is 22.5. The van der Waals surface area contributed by atoms with E-state index in [9.17, 15) is 14.7 Å². The fraction of sp³-hybridized carbons (Fsp3) is 0.810. The van der Waals surface area contributed by atoms with Crippen molar-refractivity contribution in [2.75, 3.05) is 0 Å². The Morgan fingerprint density at radius 2 is 1.83 bits per heavy atom. The minimum atomic E-state index is -1.67. The Balaban J connectivity index is 2.19. The SMILES string of the molecule is CC(C)C[C@@H](C(=O)N[C@H](c1noc(CC2CCCC2)n1)C(C)(C)C)[C@H](O)C(=O)NO. The average Bonchev–Trinajstić information content (AvgIpc) is 3.34. The fourth-order valence-corrected chi connectivity index (χ4v) is 3.98. The summed E-state index contributed by atoms with van der Waals surface area (Å²) < 4.78 is 5.45. The lowest BCUT2D eigenvalue weighted by atomic mass is 9.84. The van der Waals surface area contributed by atoms with Gasteiger partial charge in [0.25, 0.3) is 5.91 Å². The van der Waals surface area contributed by atoms with Crippen molar-refractivity contribution < 1.29 is 24.4 Å². The number of aliphatic hydroxyl groups excluding tert-OH is 1. The van der Waals surface area contributed by atoms with E-state index in [0.717, 1.165) is 6.42 Å². The molecule has 0 radical (unpaired) electrons. The summed E-state index contributed by atoms with van der Waals surface area (Å²) in [4.78, 5) is 29.3. The highest BCUT2D eigenvalue weighted by atomic mass is 16.5. The van der Waals surface area contributed by atoms with Crippen LogP contribution < -0.4 is 10.8 Å². The number of carbonyl (C=O) groups is 2. The van der Waals surface area contributed by atoms with Crippen molar-refractivity contribution in [1.29, 1.82) is 0 Å². The summed E-state index contributed by atoms with van der Waals surface area (Å²) in [5.41, 5.74) is 0.984. The highest BCUT2D eigenvalue weighted by Crippen LogP contribution is 2.33. The van der Waals surface area contributed by atoms with Crippen LogP contribution in [0.2, 0.25) is 0 Å². The monoisotopic (exact) mass is 424 g/mol. The minimum Gasteiger partial charge on any atom is -0.382 e. The number of hydrogen-bond acceptors (Lipinski definition) is 7. The average molecular weight is 425 g/mol. The molecule has 1 aliphatic rings. The molecule has 1 aromatic heterocycles. The quantitative estimate of drug-likeness (QED) is 0.353. The largest absolute Gasteiger partial charge is 0.382 e. The molecule has 1 saturated carbocycles. The van der Waals surface area contributed by atoms with E-state index in [2.05, 4.69) is 15.5 Å². The molecule has 0 aromatic carbocycles. The topological polar surface area (TPSA) is 138 Å². The lowest BCUT2D eigenvalue weighted by Crippen LogP contribution is -2.48. The molecule has 2 rings (SSSR count). The van der Waals surface area contributed by atoms with E-state index in [1.165, 1.54) is 31.2 Å². The van der Waals surface area contributed by atoms with Crippen LogP contribution in [-0.2, 0) is 16.0 Å².